The monoisotopic (exact) mass is 255 g/mol. The fourth-order valence-electron chi connectivity index (χ4n) is 2.62. The normalized spacial score (nSPS) is 22.6. The molecule has 2 unspecified atom stereocenters. The van der Waals surface area contributed by atoms with Crippen LogP contribution in [0.15, 0.2) is 0 Å². The minimum absolute atomic E-state index is 0.213. The molecule has 2 atom stereocenters. The van der Waals surface area contributed by atoms with E-state index >= 15 is 0 Å². The van der Waals surface area contributed by atoms with E-state index in [0.29, 0.717) is 24.4 Å². The van der Waals surface area contributed by atoms with Crippen LogP contribution in [0.2, 0.25) is 0 Å². The Kier molecular flexibility index (Phi) is 5.60. The van der Waals surface area contributed by atoms with Crippen molar-refractivity contribution in [2.75, 3.05) is 27.2 Å². The first kappa shape index (κ1) is 15.4. The lowest BCUT2D eigenvalue weighted by molar-refractivity contribution is -0.131. The molecule has 0 saturated carbocycles. The highest BCUT2D eigenvalue weighted by Crippen LogP contribution is 2.21. The molecule has 1 fully saturated rings. The second kappa shape index (κ2) is 6.53. The summed E-state index contributed by atoms with van der Waals surface area (Å²) in [5, 5.41) is 3.35. The van der Waals surface area contributed by atoms with Crippen molar-refractivity contribution in [3.8, 4) is 0 Å². The summed E-state index contributed by atoms with van der Waals surface area (Å²) < 4.78 is 0. The van der Waals surface area contributed by atoms with Crippen LogP contribution in [-0.4, -0.2) is 55.1 Å². The maximum atomic E-state index is 12.1. The van der Waals surface area contributed by atoms with Crippen LogP contribution in [0.4, 0.5) is 0 Å². The maximum Gasteiger partial charge on any atom is 0.238 e. The third-order valence-corrected chi connectivity index (χ3v) is 3.49. The van der Waals surface area contributed by atoms with Gasteiger partial charge in [-0.2, -0.15) is 0 Å². The van der Waals surface area contributed by atoms with E-state index in [9.17, 15) is 4.79 Å². The van der Waals surface area contributed by atoms with Crippen LogP contribution >= 0.6 is 0 Å². The van der Waals surface area contributed by atoms with Crippen LogP contribution in [-0.2, 0) is 4.79 Å². The second-order valence-corrected chi connectivity index (χ2v) is 6.40. The molecule has 4 nitrogen and oxygen atoms in total. The lowest BCUT2D eigenvalue weighted by atomic mass is 9.99. The van der Waals surface area contributed by atoms with Crippen LogP contribution in [0.1, 0.15) is 34.1 Å². The highest BCUT2D eigenvalue weighted by molar-refractivity contribution is 5.81. The molecule has 1 aliphatic rings. The van der Waals surface area contributed by atoms with Crippen LogP contribution in [0.5, 0.6) is 0 Å². The first-order chi connectivity index (χ1) is 8.32. The number of hydrogen-bond donors (Lipinski definition) is 1. The van der Waals surface area contributed by atoms with Crippen molar-refractivity contribution in [1.82, 2.24) is 15.1 Å². The van der Waals surface area contributed by atoms with Crippen molar-refractivity contribution in [2.45, 2.75) is 46.3 Å². The standard InChI is InChI=1S/C14H29N3O/c1-10(2)7-13-15-8-14(18)17(13)12(11(3)4)9-16(5)6/h10-13,15H,7-9H2,1-6H3. The molecule has 1 aliphatic heterocycles. The Hall–Kier alpha value is -0.610. The van der Waals surface area contributed by atoms with E-state index in [-0.39, 0.29) is 12.1 Å². The summed E-state index contributed by atoms with van der Waals surface area (Å²) in [6, 6.07) is 0.297. The van der Waals surface area contributed by atoms with Crippen LogP contribution in [0, 0.1) is 11.8 Å². The third-order valence-electron chi connectivity index (χ3n) is 3.49. The Bertz CT molecular complexity index is 276. The van der Waals surface area contributed by atoms with E-state index in [4.69, 9.17) is 0 Å². The van der Waals surface area contributed by atoms with Gasteiger partial charge in [0.15, 0.2) is 0 Å². The van der Waals surface area contributed by atoms with E-state index in [2.05, 4.69) is 56.9 Å². The third kappa shape index (κ3) is 3.95. The summed E-state index contributed by atoms with van der Waals surface area (Å²) >= 11 is 0. The van der Waals surface area contributed by atoms with Gasteiger partial charge in [-0.25, -0.2) is 0 Å². The Balaban J connectivity index is 2.81. The van der Waals surface area contributed by atoms with Crippen molar-refractivity contribution in [3.05, 3.63) is 0 Å². The average Bonchev–Trinajstić information content (AvgIpc) is 2.55. The average molecular weight is 255 g/mol. The predicted molar refractivity (Wildman–Crippen MR) is 75.3 cm³/mol. The number of nitrogens with one attached hydrogen (secondary N) is 1. The van der Waals surface area contributed by atoms with Crippen molar-refractivity contribution >= 4 is 5.91 Å². The largest absolute Gasteiger partial charge is 0.322 e. The van der Waals surface area contributed by atoms with Gasteiger partial charge in [-0.05, 0) is 32.4 Å². The van der Waals surface area contributed by atoms with Crippen LogP contribution in [0.3, 0.4) is 0 Å². The number of amides is 1. The van der Waals surface area contributed by atoms with Gasteiger partial charge in [-0.15, -0.1) is 0 Å². The molecule has 1 amide bonds. The summed E-state index contributed by atoms with van der Waals surface area (Å²) in [5.74, 6) is 1.33. The summed E-state index contributed by atoms with van der Waals surface area (Å²) in [6.07, 6.45) is 1.24. The van der Waals surface area contributed by atoms with Crippen LogP contribution in [0.25, 0.3) is 0 Å². The van der Waals surface area contributed by atoms with Gasteiger partial charge < -0.3 is 9.80 Å². The van der Waals surface area contributed by atoms with Crippen molar-refractivity contribution in [2.24, 2.45) is 11.8 Å². The zero-order chi connectivity index (χ0) is 13.9. The second-order valence-electron chi connectivity index (χ2n) is 6.40. The van der Waals surface area contributed by atoms with Crippen molar-refractivity contribution in [1.29, 1.82) is 0 Å². The summed E-state index contributed by atoms with van der Waals surface area (Å²) in [5.41, 5.74) is 0. The minimum atomic E-state index is 0.213. The molecule has 0 bridgehead atoms. The summed E-state index contributed by atoms with van der Waals surface area (Å²) in [4.78, 5) is 16.4. The SMILES string of the molecule is CC(C)CC1NCC(=O)N1C(CN(C)C)C(C)C. The quantitative estimate of drug-likeness (QED) is 0.779. The van der Waals surface area contributed by atoms with Gasteiger partial charge in [0, 0.05) is 12.6 Å². The first-order valence-corrected chi connectivity index (χ1v) is 7.02. The Morgan fingerprint density at radius 2 is 1.94 bits per heavy atom. The highest BCUT2D eigenvalue weighted by atomic mass is 16.2. The number of carbonyl (C=O) groups is 1. The smallest absolute Gasteiger partial charge is 0.238 e. The molecule has 106 valence electrons. The molecular formula is C14H29N3O. The lowest BCUT2D eigenvalue weighted by Gasteiger charge is -2.37. The number of nitrogens with zero attached hydrogens (tertiary/aromatic N) is 2. The van der Waals surface area contributed by atoms with Gasteiger partial charge in [-0.3, -0.25) is 10.1 Å². The molecule has 18 heavy (non-hydrogen) atoms. The first-order valence-electron chi connectivity index (χ1n) is 7.02. The highest BCUT2D eigenvalue weighted by Gasteiger charge is 2.37. The van der Waals surface area contributed by atoms with E-state index in [1.165, 1.54) is 0 Å². The fourth-order valence-corrected chi connectivity index (χ4v) is 2.62. The Labute approximate surface area is 112 Å². The molecule has 1 saturated heterocycles. The lowest BCUT2D eigenvalue weighted by Crippen LogP contribution is -2.51. The molecule has 0 aromatic heterocycles. The minimum Gasteiger partial charge on any atom is -0.322 e. The molecule has 0 aromatic rings. The molecule has 0 aliphatic carbocycles. The van der Waals surface area contributed by atoms with Gasteiger partial charge in [-0.1, -0.05) is 27.7 Å². The topological polar surface area (TPSA) is 35.6 Å². The fraction of sp³-hybridized carbons (Fsp3) is 0.929. The summed E-state index contributed by atoms with van der Waals surface area (Å²) in [7, 11) is 4.14. The molecule has 1 N–H and O–H groups in total. The number of carbonyl (C=O) groups excluding carboxylic acids is 1. The number of likely N-dealkylation sites (N-methyl/N-ethyl adjacent to an activating group) is 1. The maximum absolute atomic E-state index is 12.1. The number of hydrogen-bond acceptors (Lipinski definition) is 3. The Morgan fingerprint density at radius 3 is 2.39 bits per heavy atom. The molecule has 0 radical (unpaired) electrons. The molecule has 0 aromatic carbocycles. The summed E-state index contributed by atoms with van der Waals surface area (Å²) in [6.45, 7) is 10.2. The van der Waals surface area contributed by atoms with Crippen LogP contribution < -0.4 is 5.32 Å². The van der Waals surface area contributed by atoms with E-state index < -0.39 is 0 Å². The van der Waals surface area contributed by atoms with Gasteiger partial charge in [0.25, 0.3) is 0 Å². The molecular weight excluding hydrogens is 226 g/mol. The van der Waals surface area contributed by atoms with Gasteiger partial charge in [0.05, 0.1) is 12.7 Å². The van der Waals surface area contributed by atoms with E-state index in [0.717, 1.165) is 13.0 Å². The van der Waals surface area contributed by atoms with Gasteiger partial charge >= 0.3 is 0 Å². The zero-order valence-electron chi connectivity index (χ0n) is 12.7. The number of rotatable bonds is 6. The predicted octanol–water partition coefficient (Wildman–Crippen LogP) is 1.38. The Morgan fingerprint density at radius 1 is 1.33 bits per heavy atom. The molecule has 4 heteroatoms. The molecule has 1 heterocycles. The van der Waals surface area contributed by atoms with Crippen molar-refractivity contribution in [3.63, 3.8) is 0 Å². The molecule has 1 rings (SSSR count). The zero-order valence-corrected chi connectivity index (χ0v) is 12.7. The van der Waals surface area contributed by atoms with Gasteiger partial charge in [0.1, 0.15) is 0 Å². The molecule has 0 spiro atoms. The van der Waals surface area contributed by atoms with Crippen molar-refractivity contribution < 1.29 is 4.79 Å². The van der Waals surface area contributed by atoms with E-state index in [1.54, 1.807) is 0 Å². The van der Waals surface area contributed by atoms with Gasteiger partial charge in [0.2, 0.25) is 5.91 Å². The van der Waals surface area contributed by atoms with E-state index in [1.807, 2.05) is 0 Å².